The molecule has 0 bridgehead atoms. The number of carbonyl (C=O) groups is 3. The standard InChI is InChI=1S/C17H14N2O8/c1-26-17(23)11-4-2-3-5-12(11)18-15(20)9-27-14-7-6-10(16(21)22)8-13(14)19(24)25/h2-8H,9H2,1H3,(H,18,20)(H,21,22). The predicted molar refractivity (Wildman–Crippen MR) is 92.0 cm³/mol. The molecule has 0 aliphatic heterocycles. The number of nitrogens with one attached hydrogen (secondary N) is 1. The first-order valence-electron chi connectivity index (χ1n) is 7.45. The summed E-state index contributed by atoms with van der Waals surface area (Å²) in [6.07, 6.45) is 0. The van der Waals surface area contributed by atoms with Gasteiger partial charge in [0.05, 0.1) is 28.8 Å². The molecule has 0 aliphatic rings. The maximum Gasteiger partial charge on any atom is 0.339 e. The van der Waals surface area contributed by atoms with Crippen LogP contribution in [0.5, 0.6) is 5.75 Å². The molecule has 140 valence electrons. The number of nitro groups is 1. The van der Waals surface area contributed by atoms with Crippen molar-refractivity contribution in [2.45, 2.75) is 0 Å². The maximum atomic E-state index is 12.1. The van der Waals surface area contributed by atoms with E-state index in [-0.39, 0.29) is 22.6 Å². The van der Waals surface area contributed by atoms with E-state index in [9.17, 15) is 24.5 Å². The van der Waals surface area contributed by atoms with Crippen LogP contribution in [-0.4, -0.2) is 41.6 Å². The molecule has 2 N–H and O–H groups in total. The number of benzene rings is 2. The lowest BCUT2D eigenvalue weighted by Crippen LogP contribution is -2.22. The number of rotatable bonds is 7. The molecule has 2 rings (SSSR count). The number of para-hydroxylation sites is 1. The number of amides is 1. The van der Waals surface area contributed by atoms with Gasteiger partial charge in [0.1, 0.15) is 0 Å². The Morgan fingerprint density at radius 3 is 2.52 bits per heavy atom. The zero-order valence-electron chi connectivity index (χ0n) is 14.0. The monoisotopic (exact) mass is 374 g/mol. The molecule has 0 aromatic heterocycles. The summed E-state index contributed by atoms with van der Waals surface area (Å²) in [4.78, 5) is 44.9. The minimum Gasteiger partial charge on any atom is -0.478 e. The summed E-state index contributed by atoms with van der Waals surface area (Å²) in [7, 11) is 1.20. The van der Waals surface area contributed by atoms with Crippen LogP contribution >= 0.6 is 0 Å². The molecule has 2 aromatic carbocycles. The number of carbonyl (C=O) groups excluding carboxylic acids is 2. The lowest BCUT2D eigenvalue weighted by molar-refractivity contribution is -0.385. The average Bonchev–Trinajstić information content (AvgIpc) is 2.65. The number of esters is 1. The third-order valence-electron chi connectivity index (χ3n) is 3.37. The molecule has 0 radical (unpaired) electrons. The van der Waals surface area contributed by atoms with Gasteiger partial charge < -0.3 is 19.9 Å². The Morgan fingerprint density at radius 2 is 1.89 bits per heavy atom. The fourth-order valence-corrected chi connectivity index (χ4v) is 2.12. The number of nitro benzene ring substituents is 1. The van der Waals surface area contributed by atoms with E-state index in [0.29, 0.717) is 0 Å². The van der Waals surface area contributed by atoms with E-state index in [1.165, 1.54) is 19.2 Å². The number of ether oxygens (including phenoxy) is 2. The Balaban J connectivity index is 2.12. The molecule has 2 aromatic rings. The van der Waals surface area contributed by atoms with E-state index in [0.717, 1.165) is 18.2 Å². The van der Waals surface area contributed by atoms with Crippen molar-refractivity contribution >= 4 is 29.2 Å². The van der Waals surface area contributed by atoms with Gasteiger partial charge in [0.15, 0.2) is 12.4 Å². The lowest BCUT2D eigenvalue weighted by atomic mass is 10.2. The maximum absolute atomic E-state index is 12.1. The quantitative estimate of drug-likeness (QED) is 0.426. The molecule has 0 saturated carbocycles. The average molecular weight is 374 g/mol. The van der Waals surface area contributed by atoms with Gasteiger partial charge in [-0.25, -0.2) is 9.59 Å². The highest BCUT2D eigenvalue weighted by Crippen LogP contribution is 2.28. The van der Waals surface area contributed by atoms with E-state index < -0.39 is 35.1 Å². The van der Waals surface area contributed by atoms with E-state index in [1.54, 1.807) is 12.1 Å². The zero-order chi connectivity index (χ0) is 20.0. The summed E-state index contributed by atoms with van der Waals surface area (Å²) in [5.74, 6) is -2.92. The summed E-state index contributed by atoms with van der Waals surface area (Å²) in [6, 6.07) is 9.17. The molecule has 0 unspecified atom stereocenters. The number of carboxylic acids is 1. The number of nitrogens with zero attached hydrogens (tertiary/aromatic N) is 1. The van der Waals surface area contributed by atoms with E-state index in [1.807, 2.05) is 0 Å². The van der Waals surface area contributed by atoms with Crippen molar-refractivity contribution in [3.63, 3.8) is 0 Å². The molecule has 0 heterocycles. The van der Waals surface area contributed by atoms with Crippen LogP contribution in [0.2, 0.25) is 0 Å². The second-order valence-corrected chi connectivity index (χ2v) is 5.12. The molecule has 0 saturated heterocycles. The van der Waals surface area contributed by atoms with Crippen molar-refractivity contribution in [2.75, 3.05) is 19.0 Å². The second kappa shape index (κ2) is 8.43. The highest BCUT2D eigenvalue weighted by Gasteiger charge is 2.20. The number of aromatic carboxylic acids is 1. The first-order valence-corrected chi connectivity index (χ1v) is 7.45. The number of hydrogen-bond donors (Lipinski definition) is 2. The molecule has 0 spiro atoms. The molecule has 0 fully saturated rings. The Hall–Kier alpha value is -3.95. The van der Waals surface area contributed by atoms with Crippen molar-refractivity contribution < 1.29 is 33.9 Å². The summed E-state index contributed by atoms with van der Waals surface area (Å²) >= 11 is 0. The SMILES string of the molecule is COC(=O)c1ccccc1NC(=O)COc1ccc(C(=O)O)cc1[N+](=O)[O-]. The zero-order valence-corrected chi connectivity index (χ0v) is 14.0. The normalized spacial score (nSPS) is 9.96. The van der Waals surface area contributed by atoms with Gasteiger partial charge in [0.2, 0.25) is 0 Å². The van der Waals surface area contributed by atoms with Crippen molar-refractivity contribution in [3.05, 3.63) is 63.7 Å². The molecule has 10 heteroatoms. The van der Waals surface area contributed by atoms with Crippen LogP contribution in [0.25, 0.3) is 0 Å². The summed E-state index contributed by atoms with van der Waals surface area (Å²) in [6.45, 7) is -0.594. The first kappa shape index (κ1) is 19.4. The topological polar surface area (TPSA) is 145 Å². The molecule has 1 amide bonds. The highest BCUT2D eigenvalue weighted by molar-refractivity contribution is 6.01. The van der Waals surface area contributed by atoms with Crippen LogP contribution in [0.3, 0.4) is 0 Å². The lowest BCUT2D eigenvalue weighted by Gasteiger charge is -2.10. The molecule has 0 atom stereocenters. The van der Waals surface area contributed by atoms with E-state index in [4.69, 9.17) is 9.84 Å². The Kier molecular flexibility index (Phi) is 6.05. The van der Waals surface area contributed by atoms with Gasteiger partial charge in [-0.1, -0.05) is 12.1 Å². The smallest absolute Gasteiger partial charge is 0.339 e. The Morgan fingerprint density at radius 1 is 1.19 bits per heavy atom. The van der Waals surface area contributed by atoms with E-state index in [2.05, 4.69) is 10.1 Å². The van der Waals surface area contributed by atoms with Gasteiger partial charge in [-0.3, -0.25) is 14.9 Å². The summed E-state index contributed by atoms with van der Waals surface area (Å²) in [5.41, 5.74) is -0.554. The van der Waals surface area contributed by atoms with Crippen LogP contribution in [0, 0.1) is 10.1 Å². The van der Waals surface area contributed by atoms with Crippen molar-refractivity contribution in [1.29, 1.82) is 0 Å². The van der Waals surface area contributed by atoms with Crippen molar-refractivity contribution in [3.8, 4) is 5.75 Å². The molecule has 0 aliphatic carbocycles. The van der Waals surface area contributed by atoms with Crippen LogP contribution in [0.4, 0.5) is 11.4 Å². The van der Waals surface area contributed by atoms with Gasteiger partial charge in [-0.15, -0.1) is 0 Å². The molecular weight excluding hydrogens is 360 g/mol. The van der Waals surface area contributed by atoms with Crippen LogP contribution in [0.15, 0.2) is 42.5 Å². The fourth-order valence-electron chi connectivity index (χ4n) is 2.12. The Bertz CT molecular complexity index is 910. The third kappa shape index (κ3) is 4.78. The molecule has 10 nitrogen and oxygen atoms in total. The van der Waals surface area contributed by atoms with Gasteiger partial charge in [-0.05, 0) is 24.3 Å². The summed E-state index contributed by atoms with van der Waals surface area (Å²) in [5, 5.41) is 22.4. The molecule has 27 heavy (non-hydrogen) atoms. The summed E-state index contributed by atoms with van der Waals surface area (Å²) < 4.78 is 9.75. The van der Waals surface area contributed by atoms with Crippen molar-refractivity contribution in [2.24, 2.45) is 0 Å². The minimum atomic E-state index is -1.33. The number of methoxy groups -OCH3 is 1. The number of carboxylic acid groups (broad SMARTS) is 1. The molecular formula is C17H14N2O8. The fraction of sp³-hybridized carbons (Fsp3) is 0.118. The third-order valence-corrected chi connectivity index (χ3v) is 3.37. The largest absolute Gasteiger partial charge is 0.478 e. The van der Waals surface area contributed by atoms with Gasteiger partial charge in [0.25, 0.3) is 5.91 Å². The van der Waals surface area contributed by atoms with Crippen LogP contribution in [-0.2, 0) is 9.53 Å². The van der Waals surface area contributed by atoms with Gasteiger partial charge >= 0.3 is 17.6 Å². The number of hydrogen-bond acceptors (Lipinski definition) is 7. The number of anilines is 1. The predicted octanol–water partition coefficient (Wildman–Crippen LogP) is 2.10. The van der Waals surface area contributed by atoms with Crippen molar-refractivity contribution in [1.82, 2.24) is 0 Å². The second-order valence-electron chi connectivity index (χ2n) is 5.12. The van der Waals surface area contributed by atoms with E-state index >= 15 is 0 Å². The minimum absolute atomic E-state index is 0.130. The first-order chi connectivity index (χ1) is 12.8. The van der Waals surface area contributed by atoms with Gasteiger partial charge in [0, 0.05) is 6.07 Å². The highest BCUT2D eigenvalue weighted by atomic mass is 16.6. The van der Waals surface area contributed by atoms with Crippen LogP contribution in [0.1, 0.15) is 20.7 Å². The van der Waals surface area contributed by atoms with Gasteiger partial charge in [-0.2, -0.15) is 0 Å². The van der Waals surface area contributed by atoms with Crippen LogP contribution < -0.4 is 10.1 Å². The Labute approximate surface area is 152 Å².